The van der Waals surface area contributed by atoms with Gasteiger partial charge in [-0.15, -0.1) is 0 Å². The molecule has 264 valence electrons. The first kappa shape index (κ1) is 37.3. The van der Waals surface area contributed by atoms with Gasteiger partial charge in [0, 0.05) is 24.0 Å². The van der Waals surface area contributed by atoms with Crippen molar-refractivity contribution in [3.8, 4) is 11.5 Å². The minimum absolute atomic E-state index is 0.0437. The maximum Gasteiger partial charge on any atom is 0.264 e. The van der Waals surface area contributed by atoms with Crippen LogP contribution in [0.3, 0.4) is 0 Å². The number of halogens is 1. The van der Waals surface area contributed by atoms with Gasteiger partial charge in [0.25, 0.3) is 10.0 Å². The summed E-state index contributed by atoms with van der Waals surface area (Å²) in [6, 6.07) is 38.5. The van der Waals surface area contributed by atoms with E-state index >= 15 is 0 Å². The molecule has 10 heteroatoms. The fraction of sp³-hybridized carbons (Fsp3) is 0.220. The number of hydrogen-bond acceptors (Lipinski definition) is 5. The first-order valence-corrected chi connectivity index (χ1v) is 19.2. The molecule has 0 fully saturated rings. The van der Waals surface area contributed by atoms with Crippen LogP contribution in [0.4, 0.5) is 5.69 Å². The van der Waals surface area contributed by atoms with Crippen LogP contribution in [-0.4, -0.2) is 44.3 Å². The van der Waals surface area contributed by atoms with Gasteiger partial charge >= 0.3 is 0 Å². The minimum atomic E-state index is -4.24. The summed E-state index contributed by atoms with van der Waals surface area (Å²) in [6.07, 6.45) is 1.93. The van der Waals surface area contributed by atoms with E-state index in [9.17, 15) is 18.0 Å². The molecule has 0 aliphatic rings. The molecule has 1 atom stereocenters. The van der Waals surface area contributed by atoms with Gasteiger partial charge < -0.3 is 15.0 Å². The highest BCUT2D eigenvalue weighted by molar-refractivity contribution is 9.10. The molecule has 0 aliphatic heterocycles. The molecule has 51 heavy (non-hydrogen) atoms. The van der Waals surface area contributed by atoms with E-state index in [4.69, 9.17) is 4.74 Å². The monoisotopic (exact) mass is 767 g/mol. The lowest BCUT2D eigenvalue weighted by molar-refractivity contribution is -0.140. The van der Waals surface area contributed by atoms with E-state index in [2.05, 4.69) is 21.2 Å². The summed E-state index contributed by atoms with van der Waals surface area (Å²) in [5.41, 5.74) is 2.83. The number of anilines is 1. The van der Waals surface area contributed by atoms with Crippen LogP contribution < -0.4 is 14.4 Å². The predicted molar refractivity (Wildman–Crippen MR) is 205 cm³/mol. The van der Waals surface area contributed by atoms with Crippen LogP contribution in [-0.2, 0) is 32.6 Å². The molecule has 1 unspecified atom stereocenters. The van der Waals surface area contributed by atoms with Crippen LogP contribution >= 0.6 is 15.9 Å². The SMILES string of the molecule is CCCCNC(=O)C(Cc1ccccc1)N(Cc1cccc(Br)c1)C(=O)CN(c1ccc(Oc2ccccc2)cc1)S(=O)(=O)c1ccc(C)cc1. The summed E-state index contributed by atoms with van der Waals surface area (Å²) in [7, 11) is -4.24. The predicted octanol–water partition coefficient (Wildman–Crippen LogP) is 8.30. The number of nitrogens with one attached hydrogen (secondary N) is 1. The van der Waals surface area contributed by atoms with Crippen molar-refractivity contribution in [2.75, 3.05) is 17.4 Å². The zero-order chi connectivity index (χ0) is 36.2. The van der Waals surface area contributed by atoms with Crippen LogP contribution in [0.15, 0.2) is 143 Å². The van der Waals surface area contributed by atoms with Crippen molar-refractivity contribution >= 4 is 43.5 Å². The molecule has 0 radical (unpaired) electrons. The number of carbonyl (C=O) groups is 2. The molecule has 0 saturated carbocycles. The molecule has 5 rings (SSSR count). The molecule has 0 aliphatic carbocycles. The number of hydrogen-bond donors (Lipinski definition) is 1. The van der Waals surface area contributed by atoms with Crippen molar-refractivity contribution in [2.45, 2.75) is 50.6 Å². The molecular formula is C41H42BrN3O5S. The van der Waals surface area contributed by atoms with E-state index in [-0.39, 0.29) is 29.5 Å². The van der Waals surface area contributed by atoms with E-state index in [1.807, 2.05) is 98.8 Å². The van der Waals surface area contributed by atoms with Crippen molar-refractivity contribution in [1.29, 1.82) is 0 Å². The van der Waals surface area contributed by atoms with Gasteiger partial charge in [-0.05, 0) is 85.1 Å². The van der Waals surface area contributed by atoms with Crippen LogP contribution in [0.5, 0.6) is 11.5 Å². The van der Waals surface area contributed by atoms with Gasteiger partial charge in [0.05, 0.1) is 10.6 Å². The number of amides is 2. The number of nitrogens with zero attached hydrogens (tertiary/aromatic N) is 2. The average molecular weight is 769 g/mol. The quantitative estimate of drug-likeness (QED) is 0.102. The van der Waals surface area contributed by atoms with Gasteiger partial charge in [0.2, 0.25) is 11.8 Å². The Kier molecular flexibility index (Phi) is 13.0. The van der Waals surface area contributed by atoms with E-state index in [1.54, 1.807) is 36.4 Å². The summed E-state index contributed by atoms with van der Waals surface area (Å²) in [5.74, 6) is 0.314. The Hall–Kier alpha value is -4.93. The molecule has 0 bridgehead atoms. The lowest BCUT2D eigenvalue weighted by Crippen LogP contribution is -2.53. The molecule has 0 saturated heterocycles. The summed E-state index contributed by atoms with van der Waals surface area (Å²) < 4.78 is 36.7. The first-order chi connectivity index (χ1) is 24.6. The molecule has 5 aromatic rings. The number of benzene rings is 5. The third kappa shape index (κ3) is 10.3. The number of carbonyl (C=O) groups excluding carboxylic acids is 2. The smallest absolute Gasteiger partial charge is 0.264 e. The van der Waals surface area contributed by atoms with Gasteiger partial charge in [0.1, 0.15) is 24.1 Å². The Labute approximate surface area is 309 Å². The molecular weight excluding hydrogens is 726 g/mol. The van der Waals surface area contributed by atoms with Crippen molar-refractivity contribution in [3.63, 3.8) is 0 Å². The lowest BCUT2D eigenvalue weighted by Gasteiger charge is -2.34. The Morgan fingerprint density at radius 3 is 2.06 bits per heavy atom. The second-order valence-electron chi connectivity index (χ2n) is 12.2. The van der Waals surface area contributed by atoms with Crippen LogP contribution in [0.1, 0.15) is 36.5 Å². The summed E-state index contributed by atoms with van der Waals surface area (Å²) in [6.45, 7) is 3.92. The lowest BCUT2D eigenvalue weighted by atomic mass is 10.0. The highest BCUT2D eigenvalue weighted by Crippen LogP contribution is 2.29. The van der Waals surface area contributed by atoms with E-state index in [1.165, 1.54) is 17.0 Å². The Balaban J connectivity index is 1.55. The van der Waals surface area contributed by atoms with E-state index in [0.717, 1.165) is 38.3 Å². The summed E-state index contributed by atoms with van der Waals surface area (Å²) in [4.78, 5) is 30.2. The third-order valence-electron chi connectivity index (χ3n) is 8.33. The van der Waals surface area contributed by atoms with Gasteiger partial charge in [0.15, 0.2) is 0 Å². The normalized spacial score (nSPS) is 11.7. The topological polar surface area (TPSA) is 96.0 Å². The summed E-state index contributed by atoms with van der Waals surface area (Å²) in [5, 5.41) is 3.02. The maximum atomic E-state index is 14.7. The van der Waals surface area contributed by atoms with Crippen molar-refractivity contribution < 1.29 is 22.7 Å². The highest BCUT2D eigenvalue weighted by Gasteiger charge is 2.34. The molecule has 1 N–H and O–H groups in total. The van der Waals surface area contributed by atoms with Crippen LogP contribution in [0.25, 0.3) is 0 Å². The van der Waals surface area contributed by atoms with E-state index < -0.39 is 28.5 Å². The Morgan fingerprint density at radius 2 is 1.41 bits per heavy atom. The molecule has 2 amide bonds. The van der Waals surface area contributed by atoms with Gasteiger partial charge in [-0.25, -0.2) is 8.42 Å². The summed E-state index contributed by atoms with van der Waals surface area (Å²) >= 11 is 3.52. The van der Waals surface area contributed by atoms with Gasteiger partial charge in [-0.3, -0.25) is 13.9 Å². The number of para-hydroxylation sites is 1. The molecule has 5 aromatic carbocycles. The van der Waals surface area contributed by atoms with Crippen LogP contribution in [0.2, 0.25) is 0 Å². The van der Waals surface area contributed by atoms with Crippen molar-refractivity contribution in [2.24, 2.45) is 0 Å². The number of aryl methyl sites for hydroxylation is 1. The third-order valence-corrected chi connectivity index (χ3v) is 10.6. The number of rotatable bonds is 16. The van der Waals surface area contributed by atoms with Crippen molar-refractivity contribution in [3.05, 3.63) is 155 Å². The number of unbranched alkanes of at least 4 members (excludes halogenated alkanes) is 1. The molecule has 8 nitrogen and oxygen atoms in total. The first-order valence-electron chi connectivity index (χ1n) is 16.9. The van der Waals surface area contributed by atoms with E-state index in [0.29, 0.717) is 18.0 Å². The van der Waals surface area contributed by atoms with Gasteiger partial charge in [-0.2, -0.15) is 0 Å². The fourth-order valence-corrected chi connectivity index (χ4v) is 7.42. The second kappa shape index (κ2) is 17.8. The Morgan fingerprint density at radius 1 is 0.784 bits per heavy atom. The minimum Gasteiger partial charge on any atom is -0.457 e. The maximum absolute atomic E-state index is 14.7. The van der Waals surface area contributed by atoms with Crippen LogP contribution in [0, 0.1) is 6.92 Å². The second-order valence-corrected chi connectivity index (χ2v) is 15.0. The zero-order valence-electron chi connectivity index (χ0n) is 28.7. The molecule has 0 spiro atoms. The molecule has 0 heterocycles. The van der Waals surface area contributed by atoms with Crippen molar-refractivity contribution in [1.82, 2.24) is 10.2 Å². The number of ether oxygens (including phenoxy) is 1. The standard InChI is InChI=1S/C41H42BrN3O5S/c1-3-4-26-43-41(47)39(28-32-12-7-5-8-13-32)44(29-33-14-11-15-34(42)27-33)40(46)30-45(51(48,49)38-24-18-31(2)19-25-38)35-20-22-37(23-21-35)50-36-16-9-6-10-17-36/h5-25,27,39H,3-4,26,28-30H2,1-2H3,(H,43,47). The van der Waals surface area contributed by atoms with Gasteiger partial charge in [-0.1, -0.05) is 108 Å². The highest BCUT2D eigenvalue weighted by atomic mass is 79.9. The Bertz CT molecular complexity index is 1990. The average Bonchev–Trinajstić information content (AvgIpc) is 3.13. The zero-order valence-corrected chi connectivity index (χ0v) is 31.1. The number of sulfonamides is 1. The fourth-order valence-electron chi connectivity index (χ4n) is 5.56. The molecule has 0 aromatic heterocycles. The largest absolute Gasteiger partial charge is 0.457 e.